The first-order valence-corrected chi connectivity index (χ1v) is 15.2. The van der Waals surface area contributed by atoms with Crippen LogP contribution in [-0.4, -0.2) is 51.9 Å². The second-order valence-corrected chi connectivity index (χ2v) is 13.1. The van der Waals surface area contributed by atoms with E-state index in [4.69, 9.17) is 4.42 Å². The number of pyridine rings is 1. The summed E-state index contributed by atoms with van der Waals surface area (Å²) >= 11 is 0. The third kappa shape index (κ3) is 5.68. The van der Waals surface area contributed by atoms with Gasteiger partial charge in [-0.2, -0.15) is 0 Å². The lowest BCUT2D eigenvalue weighted by molar-refractivity contribution is -0.168. The summed E-state index contributed by atoms with van der Waals surface area (Å²) in [6.45, 7) is 2.19. The van der Waals surface area contributed by atoms with E-state index in [1.165, 1.54) is 13.1 Å². The minimum absolute atomic E-state index is 0.0286. The molecular weight excluding hydrogens is 564 g/mol. The first-order valence-electron chi connectivity index (χ1n) is 15.2. The van der Waals surface area contributed by atoms with Crippen molar-refractivity contribution >= 4 is 40.2 Å². The molecule has 4 N–H and O–H groups in total. The highest BCUT2D eigenvalue weighted by molar-refractivity contribution is 6.36. The second-order valence-electron chi connectivity index (χ2n) is 13.1. The maximum Gasteiger partial charge on any atom is 0.287 e. The van der Waals surface area contributed by atoms with Crippen LogP contribution in [0.1, 0.15) is 67.5 Å². The van der Waals surface area contributed by atoms with Crippen LogP contribution in [0.5, 0.6) is 0 Å². The summed E-state index contributed by atoms with van der Waals surface area (Å²) in [6.07, 6.45) is 6.65. The predicted octanol–water partition coefficient (Wildman–Crippen LogP) is 3.07. The molecule has 0 radical (unpaired) electrons. The standard InChI is InChI=1S/C33H38N4O7/c1-19-22-6-3-4-8-26(22)44-27(19)30(41)35-23(9-10-25(38)29(40)34-2)28(39)36-24-7-5-11-37(31(24)42)18-32-13-20-12-21(14-32)16-33(43,15-20)17-32/h3-8,11,20-21,23,43H,9-10,12-18H2,1-2H3,(H,34,40)(H,35,41)(H,36,39)/t20?,21?,23-,32?,33?/m0/s1. The SMILES string of the molecule is CNC(=O)C(=O)CC[C@H](NC(=O)c1oc2ccccc2c1C)C(=O)Nc1cccn(CC23CC4CC(CC(O)(C4)C2)C3)c1=O. The Bertz CT molecular complexity index is 1690. The summed E-state index contributed by atoms with van der Waals surface area (Å²) in [5.41, 5.74) is -0.0521. The van der Waals surface area contributed by atoms with Gasteiger partial charge in [0.1, 0.15) is 17.3 Å². The number of benzene rings is 1. The van der Waals surface area contributed by atoms with Crippen LogP contribution in [0, 0.1) is 24.2 Å². The fourth-order valence-electron chi connectivity index (χ4n) is 8.34. The third-order valence-electron chi connectivity index (χ3n) is 9.75. The fraction of sp³-hybridized carbons (Fsp3) is 0.485. The molecule has 4 aliphatic carbocycles. The van der Waals surface area contributed by atoms with Gasteiger partial charge in [-0.3, -0.25) is 24.0 Å². The zero-order chi connectivity index (χ0) is 31.2. The minimum Gasteiger partial charge on any atom is -0.451 e. The molecule has 0 aliphatic heterocycles. The van der Waals surface area contributed by atoms with E-state index in [9.17, 15) is 29.1 Å². The molecule has 3 aromatic rings. The van der Waals surface area contributed by atoms with Crippen molar-refractivity contribution in [3.05, 3.63) is 64.3 Å². The first-order chi connectivity index (χ1) is 21.0. The Kier molecular flexibility index (Phi) is 7.69. The van der Waals surface area contributed by atoms with Gasteiger partial charge in [0.2, 0.25) is 11.7 Å². The second kappa shape index (κ2) is 11.4. The van der Waals surface area contributed by atoms with Crippen LogP contribution in [0.15, 0.2) is 51.8 Å². The van der Waals surface area contributed by atoms with Gasteiger partial charge in [0.15, 0.2) is 5.76 Å². The summed E-state index contributed by atoms with van der Waals surface area (Å²) in [6, 6.07) is 9.11. The molecule has 2 aromatic heterocycles. The number of hydrogen-bond donors (Lipinski definition) is 4. The van der Waals surface area contributed by atoms with E-state index >= 15 is 0 Å². The molecule has 0 saturated heterocycles. The van der Waals surface area contributed by atoms with E-state index < -0.39 is 35.1 Å². The molecule has 4 aliphatic rings. The van der Waals surface area contributed by atoms with E-state index in [1.54, 1.807) is 35.9 Å². The van der Waals surface area contributed by atoms with Crippen molar-refractivity contribution in [2.75, 3.05) is 12.4 Å². The summed E-state index contributed by atoms with van der Waals surface area (Å²) in [7, 11) is 1.33. The number of furan rings is 1. The predicted molar refractivity (Wildman–Crippen MR) is 162 cm³/mol. The van der Waals surface area contributed by atoms with Crippen LogP contribution in [0.25, 0.3) is 11.0 Å². The number of nitrogens with zero attached hydrogens (tertiary/aromatic N) is 1. The fourth-order valence-corrected chi connectivity index (χ4v) is 8.34. The number of anilines is 1. The van der Waals surface area contributed by atoms with E-state index in [-0.39, 0.29) is 35.3 Å². The lowest BCUT2D eigenvalue weighted by Gasteiger charge is -2.60. The zero-order valence-electron chi connectivity index (χ0n) is 25.0. The molecule has 11 heteroatoms. The largest absolute Gasteiger partial charge is 0.451 e. The topological polar surface area (TPSA) is 160 Å². The summed E-state index contributed by atoms with van der Waals surface area (Å²) in [5.74, 6) is -1.93. The number of amides is 3. The van der Waals surface area contributed by atoms with E-state index in [0.29, 0.717) is 35.9 Å². The van der Waals surface area contributed by atoms with E-state index in [0.717, 1.165) is 37.5 Å². The van der Waals surface area contributed by atoms with Gasteiger partial charge in [-0.1, -0.05) is 18.2 Å². The number of nitrogens with one attached hydrogen (secondary N) is 3. The van der Waals surface area contributed by atoms with Crippen molar-refractivity contribution in [1.82, 2.24) is 15.2 Å². The van der Waals surface area contributed by atoms with Crippen molar-refractivity contribution < 1.29 is 28.7 Å². The molecule has 1 aromatic carbocycles. The Hall–Kier alpha value is -4.25. The van der Waals surface area contributed by atoms with Gasteiger partial charge in [0.05, 0.1) is 5.60 Å². The maximum atomic E-state index is 13.6. The van der Waals surface area contributed by atoms with Crippen LogP contribution in [0.3, 0.4) is 0 Å². The number of likely N-dealkylation sites (N-methyl/N-ethyl adjacent to an activating group) is 1. The summed E-state index contributed by atoms with van der Waals surface area (Å²) in [5, 5.41) is 19.5. The Labute approximate surface area is 254 Å². The van der Waals surface area contributed by atoms with Crippen molar-refractivity contribution in [3.63, 3.8) is 0 Å². The van der Waals surface area contributed by atoms with Crippen molar-refractivity contribution in [3.8, 4) is 0 Å². The van der Waals surface area contributed by atoms with Gasteiger partial charge in [0, 0.05) is 37.2 Å². The zero-order valence-corrected chi connectivity index (χ0v) is 25.0. The molecule has 3 amide bonds. The van der Waals surface area contributed by atoms with Crippen LogP contribution < -0.4 is 21.5 Å². The van der Waals surface area contributed by atoms with Crippen LogP contribution in [0.4, 0.5) is 5.69 Å². The summed E-state index contributed by atoms with van der Waals surface area (Å²) in [4.78, 5) is 64.5. The van der Waals surface area contributed by atoms with E-state index in [1.807, 2.05) is 12.1 Å². The molecule has 0 spiro atoms. The van der Waals surface area contributed by atoms with Crippen LogP contribution in [-0.2, 0) is 20.9 Å². The molecule has 4 fully saturated rings. The molecule has 44 heavy (non-hydrogen) atoms. The number of rotatable bonds is 10. The number of aryl methyl sites for hydroxylation is 1. The molecule has 2 unspecified atom stereocenters. The number of carbonyl (C=O) groups is 4. The van der Waals surface area contributed by atoms with Gasteiger partial charge < -0.3 is 30.0 Å². The molecule has 4 bridgehead atoms. The number of carbonyl (C=O) groups excluding carboxylic acids is 4. The Morgan fingerprint density at radius 3 is 2.48 bits per heavy atom. The average molecular weight is 603 g/mol. The summed E-state index contributed by atoms with van der Waals surface area (Å²) < 4.78 is 7.36. The van der Waals surface area contributed by atoms with Gasteiger partial charge in [-0.25, -0.2) is 0 Å². The highest BCUT2D eigenvalue weighted by Gasteiger charge is 2.57. The highest BCUT2D eigenvalue weighted by Crippen LogP contribution is 2.62. The number of para-hydroxylation sites is 1. The number of Topliss-reactive ketones (excluding diaryl/α,β-unsaturated/α-hetero) is 1. The molecule has 2 heterocycles. The number of hydrogen-bond acceptors (Lipinski definition) is 7. The molecule has 11 nitrogen and oxygen atoms in total. The van der Waals surface area contributed by atoms with Crippen molar-refractivity contribution in [2.45, 2.75) is 76.5 Å². The smallest absolute Gasteiger partial charge is 0.287 e. The van der Waals surface area contributed by atoms with E-state index in [2.05, 4.69) is 16.0 Å². The van der Waals surface area contributed by atoms with Crippen molar-refractivity contribution in [2.24, 2.45) is 17.3 Å². The monoisotopic (exact) mass is 602 g/mol. The minimum atomic E-state index is -1.24. The first kappa shape index (κ1) is 29.8. The number of aliphatic hydroxyl groups is 1. The van der Waals surface area contributed by atoms with Crippen molar-refractivity contribution in [1.29, 1.82) is 0 Å². The Balaban J connectivity index is 1.21. The quantitative estimate of drug-likeness (QED) is 0.260. The van der Waals surface area contributed by atoms with Crippen LogP contribution in [0.2, 0.25) is 0 Å². The lowest BCUT2D eigenvalue weighted by Crippen LogP contribution is -2.57. The highest BCUT2D eigenvalue weighted by atomic mass is 16.3. The number of aromatic nitrogens is 1. The Morgan fingerprint density at radius 1 is 1.07 bits per heavy atom. The van der Waals surface area contributed by atoms with Gasteiger partial charge in [0.25, 0.3) is 17.4 Å². The van der Waals surface area contributed by atoms with Gasteiger partial charge in [-0.15, -0.1) is 0 Å². The molecular formula is C33H38N4O7. The molecule has 3 atom stereocenters. The normalized spacial score (nSPS) is 25.9. The van der Waals surface area contributed by atoms with Gasteiger partial charge >= 0.3 is 0 Å². The number of fused-ring (bicyclic) bond motifs is 1. The Morgan fingerprint density at radius 2 is 1.80 bits per heavy atom. The maximum absolute atomic E-state index is 13.6. The molecule has 232 valence electrons. The lowest BCUT2D eigenvalue weighted by atomic mass is 9.48. The van der Waals surface area contributed by atoms with Crippen LogP contribution >= 0.6 is 0 Å². The number of ketones is 1. The molecule has 7 rings (SSSR count). The average Bonchev–Trinajstić information content (AvgIpc) is 3.31. The third-order valence-corrected chi connectivity index (χ3v) is 9.75. The van der Waals surface area contributed by atoms with Gasteiger partial charge in [-0.05, 0) is 87.3 Å². The molecule has 4 saturated carbocycles.